The molecule has 114 valence electrons. The highest BCUT2D eigenvalue weighted by atomic mass is 32.2. The van der Waals surface area contributed by atoms with Crippen LogP contribution in [-0.4, -0.2) is 26.4 Å². The van der Waals surface area contributed by atoms with Crippen LogP contribution < -0.4 is 10.0 Å². The van der Waals surface area contributed by atoms with Crippen LogP contribution in [0.5, 0.6) is 0 Å². The number of halogens is 1. The van der Waals surface area contributed by atoms with Crippen molar-refractivity contribution in [3.8, 4) is 6.07 Å². The van der Waals surface area contributed by atoms with Gasteiger partial charge in [-0.05, 0) is 39.0 Å². The Morgan fingerprint density at radius 3 is 2.48 bits per heavy atom. The fraction of sp³-hybridized carbons (Fsp3) is 0.385. The summed E-state index contributed by atoms with van der Waals surface area (Å²) in [5.41, 5.74) is -0.378. The summed E-state index contributed by atoms with van der Waals surface area (Å²) in [4.78, 5) is 11.4. The van der Waals surface area contributed by atoms with Crippen LogP contribution in [0.2, 0.25) is 0 Å². The first-order chi connectivity index (χ1) is 9.67. The van der Waals surface area contributed by atoms with Crippen molar-refractivity contribution in [2.75, 3.05) is 0 Å². The Bertz CT molecular complexity index is 680. The largest absolute Gasteiger partial charge is 0.353 e. The van der Waals surface area contributed by atoms with Crippen LogP contribution in [0.15, 0.2) is 23.1 Å². The molecule has 0 aliphatic rings. The fourth-order valence-electron chi connectivity index (χ4n) is 1.52. The fourth-order valence-corrected chi connectivity index (χ4v) is 2.75. The molecular formula is C13H16FN3O3S. The standard InChI is InChI=1S/C13H16FN3O3S/c1-8(2)16-13(18)9(3)17-21(19,20)11-4-5-12(14)10(6-11)7-15/h4-6,8-9,17H,1-3H3,(H,16,18). The van der Waals surface area contributed by atoms with Crippen molar-refractivity contribution in [1.82, 2.24) is 10.0 Å². The van der Waals surface area contributed by atoms with Gasteiger partial charge in [-0.3, -0.25) is 4.79 Å². The van der Waals surface area contributed by atoms with E-state index in [2.05, 4.69) is 10.0 Å². The molecule has 6 nitrogen and oxygen atoms in total. The first-order valence-electron chi connectivity index (χ1n) is 6.19. The lowest BCUT2D eigenvalue weighted by Crippen LogP contribution is -2.46. The normalized spacial score (nSPS) is 12.8. The van der Waals surface area contributed by atoms with Crippen LogP contribution in [0, 0.1) is 17.1 Å². The van der Waals surface area contributed by atoms with E-state index >= 15 is 0 Å². The molecule has 0 saturated heterocycles. The zero-order valence-corrected chi connectivity index (χ0v) is 12.7. The van der Waals surface area contributed by atoms with Gasteiger partial charge in [0.2, 0.25) is 15.9 Å². The van der Waals surface area contributed by atoms with Crippen molar-refractivity contribution in [2.24, 2.45) is 0 Å². The lowest BCUT2D eigenvalue weighted by molar-refractivity contribution is -0.122. The number of amides is 1. The third kappa shape index (κ3) is 4.51. The zero-order chi connectivity index (χ0) is 16.2. The predicted molar refractivity (Wildman–Crippen MR) is 74.2 cm³/mol. The van der Waals surface area contributed by atoms with E-state index < -0.39 is 27.8 Å². The first-order valence-corrected chi connectivity index (χ1v) is 7.68. The van der Waals surface area contributed by atoms with Crippen LogP contribution in [-0.2, 0) is 14.8 Å². The van der Waals surface area contributed by atoms with Crippen LogP contribution >= 0.6 is 0 Å². The zero-order valence-electron chi connectivity index (χ0n) is 11.8. The summed E-state index contributed by atoms with van der Waals surface area (Å²) in [5, 5.41) is 11.3. The number of carbonyl (C=O) groups excluding carboxylic acids is 1. The van der Waals surface area contributed by atoms with Crippen molar-refractivity contribution in [3.63, 3.8) is 0 Å². The van der Waals surface area contributed by atoms with Crippen molar-refractivity contribution in [2.45, 2.75) is 37.8 Å². The number of benzene rings is 1. The topological polar surface area (TPSA) is 99.1 Å². The average Bonchev–Trinajstić information content (AvgIpc) is 2.37. The van der Waals surface area contributed by atoms with Gasteiger partial charge in [0.25, 0.3) is 0 Å². The molecule has 0 spiro atoms. The Balaban J connectivity index is 2.97. The van der Waals surface area contributed by atoms with Crippen molar-refractivity contribution >= 4 is 15.9 Å². The average molecular weight is 313 g/mol. The van der Waals surface area contributed by atoms with Gasteiger partial charge in [-0.1, -0.05) is 0 Å². The van der Waals surface area contributed by atoms with Gasteiger partial charge in [-0.2, -0.15) is 9.98 Å². The molecule has 0 radical (unpaired) electrons. The summed E-state index contributed by atoms with van der Waals surface area (Å²) in [6.45, 7) is 4.89. The molecule has 0 aliphatic heterocycles. The Kier molecular flexibility index (Phi) is 5.41. The van der Waals surface area contributed by atoms with E-state index in [1.165, 1.54) is 6.92 Å². The molecule has 0 aliphatic carbocycles. The van der Waals surface area contributed by atoms with Crippen LogP contribution in [0.3, 0.4) is 0 Å². The van der Waals surface area contributed by atoms with Gasteiger partial charge in [0.15, 0.2) is 0 Å². The Morgan fingerprint density at radius 1 is 1.33 bits per heavy atom. The molecule has 1 unspecified atom stereocenters. The van der Waals surface area contributed by atoms with E-state index in [0.29, 0.717) is 0 Å². The molecule has 1 aromatic rings. The highest BCUT2D eigenvalue weighted by molar-refractivity contribution is 7.89. The van der Waals surface area contributed by atoms with Gasteiger partial charge in [0.05, 0.1) is 16.5 Å². The summed E-state index contributed by atoms with van der Waals surface area (Å²) in [6, 6.07) is 3.30. The van der Waals surface area contributed by atoms with E-state index in [1.807, 2.05) is 0 Å². The summed E-state index contributed by atoms with van der Waals surface area (Å²) < 4.78 is 39.5. The number of hydrogen-bond donors (Lipinski definition) is 2. The van der Waals surface area contributed by atoms with Crippen LogP contribution in [0.4, 0.5) is 4.39 Å². The smallest absolute Gasteiger partial charge is 0.241 e. The summed E-state index contributed by atoms with van der Waals surface area (Å²) in [7, 11) is -4.02. The molecule has 0 fully saturated rings. The Hall–Kier alpha value is -1.98. The molecule has 8 heteroatoms. The minimum Gasteiger partial charge on any atom is -0.353 e. The third-order valence-electron chi connectivity index (χ3n) is 2.52. The number of sulfonamides is 1. The van der Waals surface area contributed by atoms with Gasteiger partial charge in [-0.15, -0.1) is 0 Å². The molecular weight excluding hydrogens is 297 g/mol. The summed E-state index contributed by atoms with van der Waals surface area (Å²) in [6.07, 6.45) is 0. The van der Waals surface area contributed by atoms with Gasteiger partial charge in [0, 0.05) is 6.04 Å². The maximum Gasteiger partial charge on any atom is 0.241 e. The minimum atomic E-state index is -4.02. The van der Waals surface area contributed by atoms with E-state index in [1.54, 1.807) is 19.9 Å². The predicted octanol–water partition coefficient (Wildman–Crippen LogP) is 0.889. The van der Waals surface area contributed by atoms with Crippen molar-refractivity contribution in [3.05, 3.63) is 29.6 Å². The van der Waals surface area contributed by atoms with Crippen molar-refractivity contribution < 1.29 is 17.6 Å². The molecule has 0 aromatic heterocycles. The van der Waals surface area contributed by atoms with Gasteiger partial charge in [0.1, 0.15) is 11.9 Å². The molecule has 1 rings (SSSR count). The highest BCUT2D eigenvalue weighted by Crippen LogP contribution is 2.14. The second-order valence-corrected chi connectivity index (χ2v) is 6.47. The van der Waals surface area contributed by atoms with Gasteiger partial charge in [-0.25, -0.2) is 12.8 Å². The maximum atomic E-state index is 13.2. The Morgan fingerprint density at radius 2 is 1.95 bits per heavy atom. The number of rotatable bonds is 5. The van der Waals surface area contributed by atoms with E-state index in [9.17, 15) is 17.6 Å². The van der Waals surface area contributed by atoms with Crippen molar-refractivity contribution in [1.29, 1.82) is 5.26 Å². The number of nitriles is 1. The lowest BCUT2D eigenvalue weighted by atomic mass is 10.2. The molecule has 2 N–H and O–H groups in total. The molecule has 1 amide bonds. The van der Waals surface area contributed by atoms with Gasteiger partial charge >= 0.3 is 0 Å². The molecule has 0 saturated carbocycles. The molecule has 1 aromatic carbocycles. The number of nitrogens with one attached hydrogen (secondary N) is 2. The highest BCUT2D eigenvalue weighted by Gasteiger charge is 2.23. The quantitative estimate of drug-likeness (QED) is 0.843. The molecule has 0 heterocycles. The second-order valence-electron chi connectivity index (χ2n) is 4.76. The van der Waals surface area contributed by atoms with E-state index in [0.717, 1.165) is 18.2 Å². The van der Waals surface area contributed by atoms with Gasteiger partial charge < -0.3 is 5.32 Å². The molecule has 0 bridgehead atoms. The lowest BCUT2D eigenvalue weighted by Gasteiger charge is -2.16. The second kappa shape index (κ2) is 6.65. The summed E-state index contributed by atoms with van der Waals surface area (Å²) >= 11 is 0. The van der Waals surface area contributed by atoms with Crippen LogP contribution in [0.1, 0.15) is 26.3 Å². The van der Waals surface area contributed by atoms with Crippen LogP contribution in [0.25, 0.3) is 0 Å². The number of carbonyl (C=O) groups is 1. The molecule has 21 heavy (non-hydrogen) atoms. The SMILES string of the molecule is CC(C)NC(=O)C(C)NS(=O)(=O)c1ccc(F)c(C#N)c1. The van der Waals surface area contributed by atoms with E-state index in [4.69, 9.17) is 5.26 Å². The minimum absolute atomic E-state index is 0.125. The molecule has 1 atom stereocenters. The Labute approximate surface area is 123 Å². The number of hydrogen-bond acceptors (Lipinski definition) is 4. The number of nitrogens with zero attached hydrogens (tertiary/aromatic N) is 1. The summed E-state index contributed by atoms with van der Waals surface area (Å²) in [5.74, 6) is -1.28. The third-order valence-corrected chi connectivity index (χ3v) is 4.06. The maximum absolute atomic E-state index is 13.2. The van der Waals surface area contributed by atoms with E-state index in [-0.39, 0.29) is 16.5 Å². The first kappa shape index (κ1) is 17.1. The monoisotopic (exact) mass is 313 g/mol.